The molecular weight excluding hydrogens is 703 g/mol. The van der Waals surface area contributed by atoms with E-state index in [2.05, 4.69) is 195 Å². The zero-order valence-electron chi connectivity index (χ0n) is 30.9. The van der Waals surface area contributed by atoms with E-state index in [9.17, 15) is 0 Å². The lowest BCUT2D eigenvalue weighted by Gasteiger charge is -2.29. The number of hydrogen-bond donors (Lipinski definition) is 0. The monoisotopic (exact) mass is 741 g/mol. The Morgan fingerprint density at radius 1 is 0.407 bits per heavy atom. The van der Waals surface area contributed by atoms with Crippen molar-refractivity contribution in [1.82, 2.24) is 0 Å². The maximum atomic E-state index is 2.55. The van der Waals surface area contributed by atoms with Crippen LogP contribution in [0.2, 0.25) is 26.2 Å². The molecule has 9 aromatic rings. The Hall–Kier alpha value is -5.53. The first-order chi connectivity index (χ1) is 26.3. The molecule has 0 bridgehead atoms. The lowest BCUT2D eigenvalue weighted by atomic mass is 9.97. The lowest BCUT2D eigenvalue weighted by molar-refractivity contribution is 1.29. The van der Waals surface area contributed by atoms with Crippen LogP contribution in [0, 0.1) is 0 Å². The zero-order valence-corrected chi connectivity index (χ0v) is 33.8. The van der Waals surface area contributed by atoms with Crippen LogP contribution in [0.25, 0.3) is 64.3 Å². The van der Waals surface area contributed by atoms with Crippen LogP contribution in [0.3, 0.4) is 0 Å². The van der Waals surface area contributed by atoms with Gasteiger partial charge in [-0.05, 0) is 107 Å². The number of fused-ring (bicyclic) bond motifs is 11. The summed E-state index contributed by atoms with van der Waals surface area (Å²) in [6, 6.07) is 62.1. The third-order valence-electron chi connectivity index (χ3n) is 12.5. The van der Waals surface area contributed by atoms with Crippen molar-refractivity contribution in [2.45, 2.75) is 26.2 Å². The van der Waals surface area contributed by atoms with Gasteiger partial charge in [-0.3, -0.25) is 0 Å². The number of nitrogens with zero attached hydrogens (tertiary/aromatic N) is 1. The molecule has 1 aromatic heterocycles. The number of thiophene rings is 1. The highest BCUT2D eigenvalue weighted by molar-refractivity contribution is 7.26. The SMILES string of the molecule is C[Si]1(C)c2ccccc2-c2ccc(N(c3cccc(-c4cccc5ccccc45)c3)c3ccc4c(c3)[Si](C)(C)c3ccc5c(sc6ccccc65)c3-4)cc21. The zero-order chi connectivity index (χ0) is 36.3. The summed E-state index contributed by atoms with van der Waals surface area (Å²) in [5, 5.41) is 11.4. The van der Waals surface area contributed by atoms with Gasteiger partial charge in [0.2, 0.25) is 0 Å². The molecule has 4 heteroatoms. The van der Waals surface area contributed by atoms with E-state index in [1.54, 1.807) is 5.19 Å². The van der Waals surface area contributed by atoms with Crippen molar-refractivity contribution >= 4 is 96.2 Å². The van der Waals surface area contributed by atoms with Crippen molar-refractivity contribution in [3.8, 4) is 33.4 Å². The van der Waals surface area contributed by atoms with Gasteiger partial charge in [0, 0.05) is 37.2 Å². The van der Waals surface area contributed by atoms with Gasteiger partial charge in [0.05, 0.1) is 0 Å². The minimum Gasteiger partial charge on any atom is -0.310 e. The average molecular weight is 742 g/mol. The molecule has 11 rings (SSSR count). The van der Waals surface area contributed by atoms with Gasteiger partial charge in [-0.1, -0.05) is 148 Å². The Balaban J connectivity index is 1.12. The molecule has 0 amide bonds. The van der Waals surface area contributed by atoms with Crippen molar-refractivity contribution < 1.29 is 0 Å². The molecule has 8 aromatic carbocycles. The molecule has 0 unspecified atom stereocenters. The number of anilines is 3. The fraction of sp³-hybridized carbons (Fsp3) is 0.0800. The molecule has 0 N–H and O–H groups in total. The second kappa shape index (κ2) is 11.5. The molecule has 0 saturated carbocycles. The van der Waals surface area contributed by atoms with Gasteiger partial charge in [0.15, 0.2) is 0 Å². The van der Waals surface area contributed by atoms with Gasteiger partial charge in [-0.2, -0.15) is 0 Å². The van der Waals surface area contributed by atoms with E-state index in [1.165, 1.54) is 96.9 Å². The van der Waals surface area contributed by atoms with Crippen molar-refractivity contribution in [1.29, 1.82) is 0 Å². The van der Waals surface area contributed by atoms with Crippen LogP contribution in [-0.4, -0.2) is 16.1 Å². The summed E-state index contributed by atoms with van der Waals surface area (Å²) >= 11 is 1.96. The molecule has 2 aliphatic heterocycles. The summed E-state index contributed by atoms with van der Waals surface area (Å²) < 4.78 is 2.80. The average Bonchev–Trinajstić information content (AvgIpc) is 3.77. The van der Waals surface area contributed by atoms with Crippen molar-refractivity contribution in [3.05, 3.63) is 164 Å². The Morgan fingerprint density at radius 2 is 1.02 bits per heavy atom. The van der Waals surface area contributed by atoms with E-state index < -0.39 is 16.1 Å². The molecule has 3 heterocycles. The predicted molar refractivity (Wildman–Crippen MR) is 241 cm³/mol. The van der Waals surface area contributed by atoms with Crippen LogP contribution in [0.1, 0.15) is 0 Å². The largest absolute Gasteiger partial charge is 0.310 e. The van der Waals surface area contributed by atoms with Gasteiger partial charge >= 0.3 is 0 Å². The smallest absolute Gasteiger partial charge is 0.114 e. The van der Waals surface area contributed by atoms with Crippen LogP contribution in [0.15, 0.2) is 164 Å². The topological polar surface area (TPSA) is 3.24 Å². The van der Waals surface area contributed by atoms with E-state index in [4.69, 9.17) is 0 Å². The Labute approximate surface area is 322 Å². The van der Waals surface area contributed by atoms with E-state index in [-0.39, 0.29) is 0 Å². The fourth-order valence-corrected chi connectivity index (χ4v) is 17.2. The van der Waals surface area contributed by atoms with Crippen LogP contribution in [-0.2, 0) is 0 Å². The first-order valence-electron chi connectivity index (χ1n) is 19.0. The van der Waals surface area contributed by atoms with Crippen molar-refractivity contribution in [2.24, 2.45) is 0 Å². The molecule has 0 fully saturated rings. The summed E-state index contributed by atoms with van der Waals surface area (Å²) in [4.78, 5) is 2.53. The van der Waals surface area contributed by atoms with Crippen molar-refractivity contribution in [2.75, 3.05) is 4.90 Å². The number of rotatable bonds is 4. The van der Waals surface area contributed by atoms with Gasteiger partial charge in [0.1, 0.15) is 16.1 Å². The molecule has 0 atom stereocenters. The molecule has 0 aliphatic carbocycles. The number of hydrogen-bond acceptors (Lipinski definition) is 2. The van der Waals surface area contributed by atoms with Gasteiger partial charge in [-0.15, -0.1) is 11.3 Å². The van der Waals surface area contributed by atoms with Gasteiger partial charge in [-0.25, -0.2) is 0 Å². The minimum absolute atomic E-state index is 1.18. The highest BCUT2D eigenvalue weighted by atomic mass is 32.1. The summed E-state index contributed by atoms with van der Waals surface area (Å²) in [5.41, 5.74) is 11.8. The first kappa shape index (κ1) is 32.0. The highest BCUT2D eigenvalue weighted by Crippen LogP contribution is 2.45. The van der Waals surface area contributed by atoms with Crippen LogP contribution in [0.4, 0.5) is 17.1 Å². The minimum atomic E-state index is -2.02. The van der Waals surface area contributed by atoms with E-state index in [1.807, 2.05) is 11.3 Å². The molecule has 258 valence electrons. The lowest BCUT2D eigenvalue weighted by Crippen LogP contribution is -2.49. The Bertz CT molecular complexity index is 3020. The summed E-state index contributed by atoms with van der Waals surface area (Å²) in [6.45, 7) is 10.1. The quantitative estimate of drug-likeness (QED) is 0.162. The molecule has 2 aliphatic rings. The standard InChI is InChI=1S/C50H39NSSi2/c1-53(2)45-22-10-8-19-40(45)41-25-23-35(30-47(41)53)51(34-16-11-15-33(29-34)38-20-12-14-32-13-5-6-17-37(32)38)36-24-26-43-48(31-36)54(3,4)46-28-27-42-39-18-7-9-21-44(39)52-50(42)49(43)46/h5-31H,1-4H3. The molecule has 54 heavy (non-hydrogen) atoms. The van der Waals surface area contributed by atoms with Crippen molar-refractivity contribution in [3.63, 3.8) is 0 Å². The maximum Gasteiger partial charge on any atom is 0.114 e. The van der Waals surface area contributed by atoms with Crippen LogP contribution >= 0.6 is 11.3 Å². The summed E-state index contributed by atoms with van der Waals surface area (Å²) in [7, 11) is -3.91. The van der Waals surface area contributed by atoms with E-state index >= 15 is 0 Å². The highest BCUT2D eigenvalue weighted by Gasteiger charge is 2.40. The second-order valence-electron chi connectivity index (χ2n) is 16.1. The first-order valence-corrected chi connectivity index (χ1v) is 25.8. The predicted octanol–water partition coefficient (Wildman–Crippen LogP) is 12.0. The van der Waals surface area contributed by atoms with E-state index in [0.29, 0.717) is 0 Å². The summed E-state index contributed by atoms with van der Waals surface area (Å²) in [5.74, 6) is 0. The molecule has 1 nitrogen and oxygen atoms in total. The van der Waals surface area contributed by atoms with Crippen LogP contribution < -0.4 is 25.6 Å². The third-order valence-corrected chi connectivity index (χ3v) is 20.7. The van der Waals surface area contributed by atoms with Crippen LogP contribution in [0.5, 0.6) is 0 Å². The van der Waals surface area contributed by atoms with E-state index in [0.717, 1.165) is 0 Å². The molecule has 0 radical (unpaired) electrons. The Morgan fingerprint density at radius 3 is 1.87 bits per heavy atom. The third kappa shape index (κ3) is 4.48. The second-order valence-corrected chi connectivity index (χ2v) is 25.8. The normalized spacial score (nSPS) is 14.6. The molecule has 0 spiro atoms. The maximum absolute atomic E-state index is 2.55. The Kier molecular flexibility index (Phi) is 6.80. The molecule has 0 saturated heterocycles. The fourth-order valence-electron chi connectivity index (χ4n) is 9.70. The molecular formula is C50H39NSSi2. The summed E-state index contributed by atoms with van der Waals surface area (Å²) in [6.07, 6.45) is 0. The van der Waals surface area contributed by atoms with Gasteiger partial charge in [0.25, 0.3) is 0 Å². The van der Waals surface area contributed by atoms with Gasteiger partial charge < -0.3 is 4.90 Å². The number of benzene rings is 8.